The van der Waals surface area contributed by atoms with Crippen molar-refractivity contribution in [1.82, 2.24) is 0 Å². The van der Waals surface area contributed by atoms with Gasteiger partial charge >= 0.3 is 6.18 Å². The van der Waals surface area contributed by atoms with E-state index in [1.807, 2.05) is 12.1 Å². The Morgan fingerprint density at radius 2 is 1.66 bits per heavy atom. The summed E-state index contributed by atoms with van der Waals surface area (Å²) in [5, 5.41) is 0. The summed E-state index contributed by atoms with van der Waals surface area (Å²) in [6.07, 6.45) is 0.861. The predicted octanol–water partition coefficient (Wildman–Crippen LogP) is 4.99. The Morgan fingerprint density at radius 3 is 2.38 bits per heavy atom. The van der Waals surface area contributed by atoms with Crippen molar-refractivity contribution in [1.29, 1.82) is 0 Å². The maximum Gasteiger partial charge on any atom is 0.416 e. The van der Waals surface area contributed by atoms with Crippen LogP contribution >= 0.6 is 0 Å². The number of alkyl halides is 3. The first-order valence-corrected chi connectivity index (χ1v) is 11.3. The second kappa shape index (κ2) is 7.55. The molecule has 1 N–H and O–H groups in total. The first-order valence-electron chi connectivity index (χ1n) is 9.85. The van der Waals surface area contributed by atoms with Crippen LogP contribution in [0, 0.1) is 0 Å². The predicted molar refractivity (Wildman–Crippen MR) is 107 cm³/mol. The highest BCUT2D eigenvalue weighted by Crippen LogP contribution is 2.38. The molecule has 2 aliphatic rings. The van der Waals surface area contributed by atoms with Gasteiger partial charge in [0.1, 0.15) is 4.90 Å². The molecule has 1 aliphatic heterocycles. The molecule has 1 fully saturated rings. The Bertz CT molecular complexity index is 1010. The number of aryl methyl sites for hydroxylation is 1. The molecule has 0 spiro atoms. The fourth-order valence-corrected chi connectivity index (χ4v) is 5.82. The van der Waals surface area contributed by atoms with Crippen LogP contribution in [0.4, 0.5) is 24.5 Å². The molecule has 1 saturated heterocycles. The highest BCUT2D eigenvalue weighted by Gasteiger charge is 2.32. The van der Waals surface area contributed by atoms with Gasteiger partial charge in [-0.25, -0.2) is 8.42 Å². The van der Waals surface area contributed by atoms with Gasteiger partial charge in [0.2, 0.25) is 0 Å². The second-order valence-corrected chi connectivity index (χ2v) is 9.26. The van der Waals surface area contributed by atoms with Crippen LogP contribution in [0.25, 0.3) is 0 Å². The Hall–Kier alpha value is -2.22. The van der Waals surface area contributed by atoms with Gasteiger partial charge in [0.05, 0.1) is 11.3 Å². The SMILES string of the molecule is O=S(=O)(Nc1cccc(C(F)(F)F)c1)c1c(N2CCCC2)ccc2c1CCCC2. The Labute approximate surface area is 168 Å². The van der Waals surface area contributed by atoms with E-state index in [1.165, 1.54) is 12.1 Å². The Balaban J connectivity index is 1.78. The van der Waals surface area contributed by atoms with Gasteiger partial charge in [-0.15, -0.1) is 0 Å². The Kier molecular flexibility index (Phi) is 5.23. The van der Waals surface area contributed by atoms with Crippen LogP contribution in [0.2, 0.25) is 0 Å². The topological polar surface area (TPSA) is 49.4 Å². The van der Waals surface area contributed by atoms with Gasteiger partial charge in [-0.3, -0.25) is 4.72 Å². The lowest BCUT2D eigenvalue weighted by molar-refractivity contribution is -0.137. The zero-order chi connectivity index (χ0) is 20.6. The highest BCUT2D eigenvalue weighted by molar-refractivity contribution is 7.93. The summed E-state index contributed by atoms with van der Waals surface area (Å²) in [5.41, 5.74) is 1.51. The van der Waals surface area contributed by atoms with Crippen LogP contribution < -0.4 is 9.62 Å². The summed E-state index contributed by atoms with van der Waals surface area (Å²) in [5.74, 6) is 0. The molecular weight excluding hydrogens is 401 g/mol. The first-order chi connectivity index (χ1) is 13.8. The zero-order valence-corrected chi connectivity index (χ0v) is 16.7. The van der Waals surface area contributed by atoms with E-state index in [2.05, 4.69) is 9.62 Å². The molecule has 2 aromatic carbocycles. The van der Waals surface area contributed by atoms with E-state index in [0.29, 0.717) is 12.1 Å². The van der Waals surface area contributed by atoms with Crippen molar-refractivity contribution < 1.29 is 21.6 Å². The van der Waals surface area contributed by atoms with Crippen LogP contribution in [0.5, 0.6) is 0 Å². The maximum absolute atomic E-state index is 13.4. The largest absolute Gasteiger partial charge is 0.416 e. The number of hydrogen-bond acceptors (Lipinski definition) is 3. The molecule has 0 atom stereocenters. The molecule has 0 bridgehead atoms. The van der Waals surface area contributed by atoms with Gasteiger partial charge in [0.15, 0.2) is 0 Å². The first kappa shape index (κ1) is 20.1. The summed E-state index contributed by atoms with van der Waals surface area (Å²) in [6.45, 7) is 1.57. The van der Waals surface area contributed by atoms with E-state index in [9.17, 15) is 21.6 Å². The summed E-state index contributed by atoms with van der Waals surface area (Å²) in [4.78, 5) is 2.30. The highest BCUT2D eigenvalue weighted by atomic mass is 32.2. The van der Waals surface area contributed by atoms with Crippen LogP contribution in [0.15, 0.2) is 41.3 Å². The molecule has 156 valence electrons. The van der Waals surface area contributed by atoms with Gasteiger partial charge < -0.3 is 4.90 Å². The van der Waals surface area contributed by atoms with E-state index in [4.69, 9.17) is 0 Å². The van der Waals surface area contributed by atoms with Gasteiger partial charge in [-0.1, -0.05) is 12.1 Å². The molecule has 2 aromatic rings. The number of nitrogens with one attached hydrogen (secondary N) is 1. The molecule has 0 aromatic heterocycles. The van der Waals surface area contributed by atoms with E-state index in [1.54, 1.807) is 0 Å². The van der Waals surface area contributed by atoms with Crippen LogP contribution in [0.1, 0.15) is 42.4 Å². The monoisotopic (exact) mass is 424 g/mol. The number of anilines is 2. The minimum absolute atomic E-state index is 0.0828. The second-order valence-electron chi connectivity index (χ2n) is 7.64. The fraction of sp³-hybridized carbons (Fsp3) is 0.429. The minimum atomic E-state index is -4.53. The van der Waals surface area contributed by atoms with E-state index >= 15 is 0 Å². The number of rotatable bonds is 4. The molecule has 0 amide bonds. The van der Waals surface area contributed by atoms with Crippen LogP contribution in [0.3, 0.4) is 0 Å². The number of fused-ring (bicyclic) bond motifs is 1. The molecule has 4 nitrogen and oxygen atoms in total. The molecule has 0 radical (unpaired) electrons. The van der Waals surface area contributed by atoms with Crippen LogP contribution in [-0.4, -0.2) is 21.5 Å². The average Bonchev–Trinajstić information content (AvgIpc) is 3.21. The maximum atomic E-state index is 13.4. The van der Waals surface area contributed by atoms with Crippen molar-refractivity contribution in [2.24, 2.45) is 0 Å². The molecule has 29 heavy (non-hydrogen) atoms. The van der Waals surface area contributed by atoms with E-state index < -0.39 is 21.8 Å². The van der Waals surface area contributed by atoms with Crippen molar-refractivity contribution >= 4 is 21.4 Å². The smallest absolute Gasteiger partial charge is 0.370 e. The normalized spacial score (nSPS) is 17.3. The number of nitrogens with zero attached hydrogens (tertiary/aromatic N) is 1. The average molecular weight is 424 g/mol. The lowest BCUT2D eigenvalue weighted by Crippen LogP contribution is -2.25. The third-order valence-electron chi connectivity index (χ3n) is 5.62. The molecule has 4 rings (SSSR count). The Morgan fingerprint density at radius 1 is 0.931 bits per heavy atom. The van der Waals surface area contributed by atoms with Crippen molar-refractivity contribution in [3.63, 3.8) is 0 Å². The number of halogens is 3. The van der Waals surface area contributed by atoms with Crippen LogP contribution in [-0.2, 0) is 29.0 Å². The molecule has 1 heterocycles. The quantitative estimate of drug-likeness (QED) is 0.753. The third-order valence-corrected chi connectivity index (χ3v) is 7.11. The van der Waals surface area contributed by atoms with E-state index in [0.717, 1.165) is 68.5 Å². The van der Waals surface area contributed by atoms with Crippen molar-refractivity contribution in [2.45, 2.75) is 49.6 Å². The summed E-state index contributed by atoms with van der Waals surface area (Å²) < 4.78 is 68.3. The summed E-state index contributed by atoms with van der Waals surface area (Å²) in [7, 11) is -4.04. The fourth-order valence-electron chi connectivity index (χ4n) is 4.25. The minimum Gasteiger partial charge on any atom is -0.370 e. The third kappa shape index (κ3) is 4.08. The standard InChI is InChI=1S/C21H23F3N2O2S/c22-21(23,24)16-7-5-8-17(14-16)25-29(27,28)20-18-9-2-1-6-15(18)10-11-19(20)26-12-3-4-13-26/h5,7-8,10-11,14,25H,1-4,6,9,12-13H2. The molecule has 0 unspecified atom stereocenters. The van der Waals surface area contributed by atoms with Crippen molar-refractivity contribution in [3.8, 4) is 0 Å². The number of sulfonamides is 1. The molecule has 1 aliphatic carbocycles. The number of hydrogen-bond donors (Lipinski definition) is 1. The lowest BCUT2D eigenvalue weighted by atomic mass is 9.91. The summed E-state index contributed by atoms with van der Waals surface area (Å²) in [6, 6.07) is 8.18. The zero-order valence-electron chi connectivity index (χ0n) is 15.9. The van der Waals surface area contributed by atoms with Crippen molar-refractivity contribution in [3.05, 3.63) is 53.1 Å². The van der Waals surface area contributed by atoms with Gasteiger partial charge in [-0.2, -0.15) is 13.2 Å². The van der Waals surface area contributed by atoms with Gasteiger partial charge in [-0.05, 0) is 73.9 Å². The lowest BCUT2D eigenvalue weighted by Gasteiger charge is -2.27. The van der Waals surface area contributed by atoms with Gasteiger partial charge in [0, 0.05) is 18.8 Å². The van der Waals surface area contributed by atoms with Gasteiger partial charge in [0.25, 0.3) is 10.0 Å². The van der Waals surface area contributed by atoms with Crippen molar-refractivity contribution in [2.75, 3.05) is 22.7 Å². The number of benzene rings is 2. The molecule has 0 saturated carbocycles. The van der Waals surface area contributed by atoms with E-state index in [-0.39, 0.29) is 10.6 Å². The molecule has 8 heteroatoms. The summed E-state index contributed by atoms with van der Waals surface area (Å²) >= 11 is 0. The molecular formula is C21H23F3N2O2S.